The second-order valence-electron chi connectivity index (χ2n) is 6.07. The topological polar surface area (TPSA) is 35.6 Å². The van der Waals surface area contributed by atoms with Crippen molar-refractivity contribution in [2.75, 3.05) is 27.2 Å². The normalized spacial score (nSPS) is 20.0. The molecule has 1 aliphatic heterocycles. The third-order valence-electron chi connectivity index (χ3n) is 4.01. The summed E-state index contributed by atoms with van der Waals surface area (Å²) in [6.07, 6.45) is -0.252. The maximum atomic E-state index is 13.4. The summed E-state index contributed by atoms with van der Waals surface area (Å²) in [6.45, 7) is 5.06. The second kappa shape index (κ2) is 5.50. The first-order valence-corrected chi connectivity index (χ1v) is 6.77. The van der Waals surface area contributed by atoms with Crippen LogP contribution >= 0.6 is 0 Å². The summed E-state index contributed by atoms with van der Waals surface area (Å²) in [5, 5.41) is 3.15. The molecule has 0 saturated carbocycles. The number of hydrogen-bond acceptors (Lipinski definition) is 3. The standard InChI is InChI=1S/C15H22FN3O/c1-15(2,18(3)4)10-19-13(20)9-17-14(19)11-6-5-7-12(16)8-11/h5-8,14,17H,9-10H2,1-4H3. The van der Waals surface area contributed by atoms with Crippen molar-refractivity contribution in [2.45, 2.75) is 25.6 Å². The number of halogens is 1. The van der Waals surface area contributed by atoms with E-state index in [4.69, 9.17) is 0 Å². The van der Waals surface area contributed by atoms with Crippen LogP contribution in [0.5, 0.6) is 0 Å². The number of carbonyl (C=O) groups is 1. The first kappa shape index (κ1) is 14.9. The fourth-order valence-electron chi connectivity index (χ4n) is 2.25. The van der Waals surface area contributed by atoms with Crippen LogP contribution in [-0.4, -0.2) is 48.4 Å². The molecule has 5 heteroatoms. The monoisotopic (exact) mass is 279 g/mol. The van der Waals surface area contributed by atoms with Gasteiger partial charge in [-0.2, -0.15) is 0 Å². The smallest absolute Gasteiger partial charge is 0.238 e. The molecule has 110 valence electrons. The zero-order valence-corrected chi connectivity index (χ0v) is 12.5. The molecule has 1 fully saturated rings. The lowest BCUT2D eigenvalue weighted by atomic mass is 10.0. The lowest BCUT2D eigenvalue weighted by molar-refractivity contribution is -0.129. The van der Waals surface area contributed by atoms with Gasteiger partial charge in [0.25, 0.3) is 0 Å². The Morgan fingerprint density at radius 3 is 2.75 bits per heavy atom. The van der Waals surface area contributed by atoms with Crippen LogP contribution in [0.25, 0.3) is 0 Å². The Bertz CT molecular complexity index is 502. The minimum absolute atomic E-state index is 0.0502. The highest BCUT2D eigenvalue weighted by molar-refractivity contribution is 5.81. The van der Waals surface area contributed by atoms with Crippen LogP contribution in [0.1, 0.15) is 25.6 Å². The van der Waals surface area contributed by atoms with Gasteiger partial charge in [-0.25, -0.2) is 4.39 Å². The molecule has 1 saturated heterocycles. The molecular weight excluding hydrogens is 257 g/mol. The molecule has 1 aliphatic rings. The van der Waals surface area contributed by atoms with Crippen LogP contribution in [0.4, 0.5) is 4.39 Å². The Morgan fingerprint density at radius 1 is 1.45 bits per heavy atom. The summed E-state index contributed by atoms with van der Waals surface area (Å²) in [4.78, 5) is 16.0. The summed E-state index contributed by atoms with van der Waals surface area (Å²) in [6, 6.07) is 6.40. The molecule has 4 nitrogen and oxygen atoms in total. The predicted octanol–water partition coefficient (Wildman–Crippen LogP) is 1.60. The van der Waals surface area contributed by atoms with Crippen molar-refractivity contribution in [1.29, 1.82) is 0 Å². The van der Waals surface area contributed by atoms with Crippen molar-refractivity contribution in [3.63, 3.8) is 0 Å². The Labute approximate surface area is 119 Å². The number of rotatable bonds is 4. The van der Waals surface area contributed by atoms with Gasteiger partial charge in [0.15, 0.2) is 0 Å². The van der Waals surface area contributed by atoms with Gasteiger partial charge in [-0.3, -0.25) is 10.1 Å². The van der Waals surface area contributed by atoms with Crippen LogP contribution in [0, 0.1) is 5.82 Å². The first-order valence-electron chi connectivity index (χ1n) is 6.77. The molecule has 1 aromatic rings. The average Bonchev–Trinajstić information content (AvgIpc) is 2.70. The van der Waals surface area contributed by atoms with E-state index in [-0.39, 0.29) is 23.4 Å². The van der Waals surface area contributed by atoms with E-state index in [2.05, 4.69) is 24.1 Å². The molecule has 0 bridgehead atoms. The second-order valence-corrected chi connectivity index (χ2v) is 6.07. The quantitative estimate of drug-likeness (QED) is 0.909. The largest absolute Gasteiger partial charge is 0.320 e. The summed E-state index contributed by atoms with van der Waals surface area (Å²) < 4.78 is 13.4. The number of carbonyl (C=O) groups excluding carboxylic acids is 1. The van der Waals surface area contributed by atoms with Crippen LogP contribution in [0.3, 0.4) is 0 Å². The highest BCUT2D eigenvalue weighted by atomic mass is 19.1. The fourth-order valence-corrected chi connectivity index (χ4v) is 2.25. The van der Waals surface area contributed by atoms with E-state index in [1.54, 1.807) is 11.0 Å². The van der Waals surface area contributed by atoms with Crippen molar-refractivity contribution < 1.29 is 9.18 Å². The minimum atomic E-state index is -0.282. The van der Waals surface area contributed by atoms with E-state index in [9.17, 15) is 9.18 Å². The molecule has 0 spiro atoms. The zero-order chi connectivity index (χ0) is 14.9. The molecule has 2 rings (SSSR count). The number of likely N-dealkylation sites (N-methyl/N-ethyl adjacent to an activating group) is 1. The Kier molecular flexibility index (Phi) is 4.11. The maximum Gasteiger partial charge on any atom is 0.238 e. The highest BCUT2D eigenvalue weighted by Gasteiger charge is 2.36. The molecule has 0 aromatic heterocycles. The molecule has 1 unspecified atom stereocenters. The zero-order valence-electron chi connectivity index (χ0n) is 12.5. The van der Waals surface area contributed by atoms with Gasteiger partial charge in [0, 0.05) is 12.1 Å². The Morgan fingerprint density at radius 2 is 2.15 bits per heavy atom. The van der Waals surface area contributed by atoms with E-state index in [1.807, 2.05) is 20.2 Å². The Hall–Kier alpha value is -1.46. The number of nitrogens with one attached hydrogen (secondary N) is 1. The molecule has 0 aliphatic carbocycles. The van der Waals surface area contributed by atoms with Crippen molar-refractivity contribution in [3.8, 4) is 0 Å². The minimum Gasteiger partial charge on any atom is -0.320 e. The average molecular weight is 279 g/mol. The van der Waals surface area contributed by atoms with Crippen LogP contribution < -0.4 is 5.32 Å². The van der Waals surface area contributed by atoms with Gasteiger partial charge < -0.3 is 9.80 Å². The summed E-state index contributed by atoms with van der Waals surface area (Å²) in [5.41, 5.74) is 0.637. The van der Waals surface area contributed by atoms with E-state index in [0.717, 1.165) is 5.56 Å². The maximum absolute atomic E-state index is 13.4. The first-order chi connectivity index (χ1) is 9.31. The van der Waals surface area contributed by atoms with E-state index in [0.29, 0.717) is 13.1 Å². The lowest BCUT2D eigenvalue weighted by Gasteiger charge is -2.38. The SMILES string of the molecule is CN(C)C(C)(C)CN1C(=O)CNC1c1cccc(F)c1. The van der Waals surface area contributed by atoms with Crippen LogP contribution in [-0.2, 0) is 4.79 Å². The number of nitrogens with zero attached hydrogens (tertiary/aromatic N) is 2. The Balaban J connectivity index is 2.23. The number of benzene rings is 1. The number of hydrogen-bond donors (Lipinski definition) is 1. The molecular formula is C15H22FN3O. The summed E-state index contributed by atoms with van der Waals surface area (Å²) in [5.74, 6) is -0.232. The molecule has 1 amide bonds. The van der Waals surface area contributed by atoms with Gasteiger partial charge in [0.1, 0.15) is 12.0 Å². The predicted molar refractivity (Wildman–Crippen MR) is 76.6 cm³/mol. The van der Waals surface area contributed by atoms with Crippen molar-refractivity contribution in [1.82, 2.24) is 15.1 Å². The van der Waals surface area contributed by atoms with Crippen molar-refractivity contribution in [2.24, 2.45) is 0 Å². The van der Waals surface area contributed by atoms with Crippen molar-refractivity contribution in [3.05, 3.63) is 35.6 Å². The molecule has 1 aromatic carbocycles. The highest BCUT2D eigenvalue weighted by Crippen LogP contribution is 2.26. The third kappa shape index (κ3) is 2.99. The van der Waals surface area contributed by atoms with Gasteiger partial charge in [0.2, 0.25) is 5.91 Å². The van der Waals surface area contributed by atoms with Crippen LogP contribution in [0.2, 0.25) is 0 Å². The molecule has 20 heavy (non-hydrogen) atoms. The van der Waals surface area contributed by atoms with Gasteiger partial charge in [0.05, 0.1) is 6.54 Å². The van der Waals surface area contributed by atoms with Crippen molar-refractivity contribution >= 4 is 5.91 Å². The van der Waals surface area contributed by atoms with Gasteiger partial charge in [-0.15, -0.1) is 0 Å². The van der Waals surface area contributed by atoms with Crippen LogP contribution in [0.15, 0.2) is 24.3 Å². The van der Waals surface area contributed by atoms with Gasteiger partial charge in [-0.1, -0.05) is 12.1 Å². The number of amides is 1. The van der Waals surface area contributed by atoms with E-state index < -0.39 is 0 Å². The van der Waals surface area contributed by atoms with Gasteiger partial charge >= 0.3 is 0 Å². The molecule has 1 atom stereocenters. The summed E-state index contributed by atoms with van der Waals surface area (Å²) >= 11 is 0. The fraction of sp³-hybridized carbons (Fsp3) is 0.533. The van der Waals surface area contributed by atoms with Gasteiger partial charge in [-0.05, 0) is 45.6 Å². The third-order valence-corrected chi connectivity index (χ3v) is 4.01. The lowest BCUT2D eigenvalue weighted by Crippen LogP contribution is -2.49. The summed E-state index contributed by atoms with van der Waals surface area (Å²) in [7, 11) is 3.98. The van der Waals surface area contributed by atoms with E-state index in [1.165, 1.54) is 12.1 Å². The molecule has 1 N–H and O–H groups in total. The molecule has 1 heterocycles. The van der Waals surface area contributed by atoms with E-state index >= 15 is 0 Å². The molecule has 0 radical (unpaired) electrons.